The molecular formula is C15H14N4O3S. The standard InChI is InChI=1S/C15H14N4O3S/c1-8(13-16-6-5-12(20)19-13)17-15-18-10-4-3-9(14(21)22-2)7-11(10)23-15/h3-8H,1-2H3,(H,17,18)(H,16,19,20). The first-order valence-electron chi connectivity index (χ1n) is 6.87. The Bertz CT molecular complexity index is 918. The molecule has 0 amide bonds. The number of hydrogen-bond acceptors (Lipinski definition) is 7. The Kier molecular flexibility index (Phi) is 4.07. The monoisotopic (exact) mass is 330 g/mol. The lowest BCUT2D eigenvalue weighted by molar-refractivity contribution is 0.0601. The minimum absolute atomic E-state index is 0.198. The Labute approximate surface area is 135 Å². The van der Waals surface area contributed by atoms with Gasteiger partial charge in [0.25, 0.3) is 5.56 Å². The van der Waals surface area contributed by atoms with Crippen molar-refractivity contribution in [1.29, 1.82) is 0 Å². The van der Waals surface area contributed by atoms with E-state index >= 15 is 0 Å². The van der Waals surface area contributed by atoms with E-state index in [4.69, 9.17) is 4.74 Å². The topological polar surface area (TPSA) is 97.0 Å². The van der Waals surface area contributed by atoms with Gasteiger partial charge in [-0.15, -0.1) is 0 Å². The van der Waals surface area contributed by atoms with Crippen LogP contribution >= 0.6 is 11.3 Å². The van der Waals surface area contributed by atoms with Crippen LogP contribution in [-0.2, 0) is 4.74 Å². The second kappa shape index (κ2) is 6.17. The Morgan fingerprint density at radius 1 is 1.39 bits per heavy atom. The highest BCUT2D eigenvalue weighted by Crippen LogP contribution is 2.29. The first kappa shape index (κ1) is 15.2. The number of carbonyl (C=O) groups is 1. The quantitative estimate of drug-likeness (QED) is 0.713. The van der Waals surface area contributed by atoms with Gasteiger partial charge in [-0.3, -0.25) is 4.79 Å². The van der Waals surface area contributed by atoms with E-state index in [1.165, 1.54) is 30.7 Å². The largest absolute Gasteiger partial charge is 0.465 e. The van der Waals surface area contributed by atoms with Crippen LogP contribution in [0, 0.1) is 0 Å². The lowest BCUT2D eigenvalue weighted by atomic mass is 10.2. The number of H-pyrrole nitrogens is 1. The van der Waals surface area contributed by atoms with E-state index in [1.54, 1.807) is 18.2 Å². The van der Waals surface area contributed by atoms with Crippen LogP contribution in [0.3, 0.4) is 0 Å². The number of fused-ring (bicyclic) bond motifs is 1. The van der Waals surface area contributed by atoms with Gasteiger partial charge in [-0.2, -0.15) is 0 Å². The number of esters is 1. The molecule has 1 aromatic carbocycles. The molecular weight excluding hydrogens is 316 g/mol. The SMILES string of the molecule is COC(=O)c1ccc2nc(NC(C)c3nccc(=O)[nH]3)sc2c1. The summed E-state index contributed by atoms with van der Waals surface area (Å²) in [7, 11) is 1.35. The van der Waals surface area contributed by atoms with Crippen molar-refractivity contribution in [2.24, 2.45) is 0 Å². The maximum atomic E-state index is 11.6. The number of nitrogens with one attached hydrogen (secondary N) is 2. The number of nitrogens with zero attached hydrogens (tertiary/aromatic N) is 2. The zero-order valence-electron chi connectivity index (χ0n) is 12.5. The fraction of sp³-hybridized carbons (Fsp3) is 0.200. The number of aromatic amines is 1. The molecule has 0 aliphatic heterocycles. The highest BCUT2D eigenvalue weighted by atomic mass is 32.1. The molecule has 7 nitrogen and oxygen atoms in total. The van der Waals surface area contributed by atoms with Crippen LogP contribution in [-0.4, -0.2) is 28.0 Å². The van der Waals surface area contributed by atoms with Gasteiger partial charge in [0.1, 0.15) is 5.82 Å². The number of aromatic nitrogens is 3. The van der Waals surface area contributed by atoms with Crippen LogP contribution in [0.15, 0.2) is 35.3 Å². The normalized spacial score (nSPS) is 12.1. The van der Waals surface area contributed by atoms with E-state index in [-0.39, 0.29) is 17.6 Å². The molecule has 1 atom stereocenters. The number of hydrogen-bond donors (Lipinski definition) is 2. The average molecular weight is 330 g/mol. The van der Waals surface area contributed by atoms with Crippen LogP contribution in [0.25, 0.3) is 10.2 Å². The van der Waals surface area contributed by atoms with E-state index in [9.17, 15) is 9.59 Å². The van der Waals surface area contributed by atoms with Gasteiger partial charge in [0.15, 0.2) is 5.13 Å². The second-order valence-corrected chi connectivity index (χ2v) is 5.91. The number of ether oxygens (including phenoxy) is 1. The van der Waals surface area contributed by atoms with Gasteiger partial charge in [0, 0.05) is 12.3 Å². The summed E-state index contributed by atoms with van der Waals surface area (Å²) >= 11 is 1.42. The van der Waals surface area contributed by atoms with Gasteiger partial charge in [-0.05, 0) is 25.1 Å². The van der Waals surface area contributed by atoms with Gasteiger partial charge in [-0.1, -0.05) is 11.3 Å². The van der Waals surface area contributed by atoms with Crippen LogP contribution in [0.2, 0.25) is 0 Å². The summed E-state index contributed by atoms with van der Waals surface area (Å²) in [5, 5.41) is 3.88. The van der Waals surface area contributed by atoms with E-state index in [0.717, 1.165) is 10.2 Å². The summed E-state index contributed by atoms with van der Waals surface area (Å²) in [5.74, 6) is 0.154. The highest BCUT2D eigenvalue weighted by Gasteiger charge is 2.13. The van der Waals surface area contributed by atoms with Crippen molar-refractivity contribution in [2.45, 2.75) is 13.0 Å². The number of anilines is 1. The van der Waals surface area contributed by atoms with Crippen LogP contribution in [0.1, 0.15) is 29.1 Å². The predicted molar refractivity (Wildman–Crippen MR) is 87.9 cm³/mol. The summed E-state index contributed by atoms with van der Waals surface area (Å²) in [5.41, 5.74) is 1.07. The molecule has 0 saturated heterocycles. The molecule has 0 bridgehead atoms. The third kappa shape index (κ3) is 3.21. The number of carbonyl (C=O) groups excluding carboxylic acids is 1. The number of benzene rings is 1. The Balaban J connectivity index is 1.86. The van der Waals surface area contributed by atoms with Crippen LogP contribution in [0.5, 0.6) is 0 Å². The van der Waals surface area contributed by atoms with Gasteiger partial charge >= 0.3 is 5.97 Å². The van der Waals surface area contributed by atoms with Gasteiger partial charge in [0.2, 0.25) is 0 Å². The molecule has 118 valence electrons. The molecule has 8 heteroatoms. The molecule has 2 heterocycles. The van der Waals surface area contributed by atoms with Crippen LogP contribution in [0.4, 0.5) is 5.13 Å². The molecule has 23 heavy (non-hydrogen) atoms. The minimum Gasteiger partial charge on any atom is -0.465 e. The van der Waals surface area contributed by atoms with E-state index < -0.39 is 0 Å². The predicted octanol–water partition coefficient (Wildman–Crippen LogP) is 2.34. The molecule has 2 N–H and O–H groups in total. The van der Waals surface area contributed by atoms with Gasteiger partial charge in [-0.25, -0.2) is 14.8 Å². The fourth-order valence-corrected chi connectivity index (χ4v) is 3.08. The van der Waals surface area contributed by atoms with Gasteiger partial charge < -0.3 is 15.0 Å². The summed E-state index contributed by atoms with van der Waals surface area (Å²) in [4.78, 5) is 34.2. The maximum Gasteiger partial charge on any atom is 0.337 e. The maximum absolute atomic E-state index is 11.6. The number of rotatable bonds is 4. The van der Waals surface area contributed by atoms with Crippen molar-refractivity contribution in [1.82, 2.24) is 15.0 Å². The molecule has 1 unspecified atom stereocenters. The van der Waals surface area contributed by atoms with Crippen LogP contribution < -0.4 is 10.9 Å². The molecule has 0 spiro atoms. The molecule has 0 aliphatic rings. The third-order valence-corrected chi connectivity index (χ3v) is 4.20. The zero-order chi connectivity index (χ0) is 16.4. The Hall–Kier alpha value is -2.74. The number of methoxy groups -OCH3 is 1. The molecule has 0 aliphatic carbocycles. The van der Waals surface area contributed by atoms with Crippen molar-refractivity contribution in [3.8, 4) is 0 Å². The summed E-state index contributed by atoms with van der Waals surface area (Å²) < 4.78 is 5.59. The Morgan fingerprint density at radius 3 is 2.96 bits per heavy atom. The minimum atomic E-state index is -0.380. The fourth-order valence-electron chi connectivity index (χ4n) is 2.09. The summed E-state index contributed by atoms with van der Waals surface area (Å²) in [6, 6.07) is 6.36. The van der Waals surface area contributed by atoms with Crippen molar-refractivity contribution in [2.75, 3.05) is 12.4 Å². The van der Waals surface area contributed by atoms with E-state index in [0.29, 0.717) is 16.5 Å². The Morgan fingerprint density at radius 2 is 2.22 bits per heavy atom. The highest BCUT2D eigenvalue weighted by molar-refractivity contribution is 7.22. The van der Waals surface area contributed by atoms with Crippen molar-refractivity contribution >= 4 is 32.7 Å². The first-order valence-corrected chi connectivity index (χ1v) is 7.69. The third-order valence-electron chi connectivity index (χ3n) is 3.25. The van der Waals surface area contributed by atoms with E-state index in [1.807, 2.05) is 6.92 Å². The molecule has 2 aromatic heterocycles. The average Bonchev–Trinajstić information content (AvgIpc) is 2.95. The summed E-state index contributed by atoms with van der Waals surface area (Å²) in [6.45, 7) is 1.88. The zero-order valence-corrected chi connectivity index (χ0v) is 13.3. The van der Waals surface area contributed by atoms with Crippen molar-refractivity contribution in [3.63, 3.8) is 0 Å². The molecule has 0 radical (unpaired) electrons. The lowest BCUT2D eigenvalue weighted by Crippen LogP contribution is -2.16. The molecule has 3 rings (SSSR count). The summed E-state index contributed by atoms with van der Waals surface area (Å²) in [6.07, 6.45) is 1.47. The van der Waals surface area contributed by atoms with Gasteiger partial charge in [0.05, 0.1) is 28.9 Å². The lowest BCUT2D eigenvalue weighted by Gasteiger charge is -2.10. The molecule has 3 aromatic rings. The second-order valence-electron chi connectivity index (χ2n) is 4.88. The first-order chi connectivity index (χ1) is 11.1. The number of thiazole rings is 1. The van der Waals surface area contributed by atoms with Crippen molar-refractivity contribution < 1.29 is 9.53 Å². The van der Waals surface area contributed by atoms with E-state index in [2.05, 4.69) is 20.3 Å². The van der Waals surface area contributed by atoms with Crippen molar-refractivity contribution in [3.05, 3.63) is 52.2 Å². The molecule has 0 fully saturated rings. The molecule has 0 saturated carbocycles. The smallest absolute Gasteiger partial charge is 0.337 e.